The molecule has 1 aromatic carbocycles. The van der Waals surface area contributed by atoms with Crippen LogP contribution in [0.1, 0.15) is 11.9 Å². The normalized spacial score (nSPS) is 16.3. The van der Waals surface area contributed by atoms with E-state index in [2.05, 4.69) is 11.4 Å². The molecule has 0 N–H and O–H groups in total. The van der Waals surface area contributed by atoms with Crippen LogP contribution in [0.5, 0.6) is 0 Å². The molecule has 5 heteroatoms. The predicted octanol–water partition coefficient (Wildman–Crippen LogP) is 4.60. The lowest BCUT2D eigenvalue weighted by Gasteiger charge is -2.09. The number of rotatable bonds is 3. The number of thiophene rings is 1. The van der Waals surface area contributed by atoms with Gasteiger partial charge >= 0.3 is 0 Å². The number of benzene rings is 1. The van der Waals surface area contributed by atoms with Gasteiger partial charge < -0.3 is 9.47 Å². The van der Waals surface area contributed by atoms with E-state index in [0.29, 0.717) is 13.2 Å². The second kappa shape index (κ2) is 5.63. The van der Waals surface area contributed by atoms with Crippen molar-refractivity contribution in [3.05, 3.63) is 46.3 Å². The number of hydrogen-bond acceptors (Lipinski definition) is 4. The van der Waals surface area contributed by atoms with Crippen molar-refractivity contribution in [2.75, 3.05) is 13.2 Å². The van der Waals surface area contributed by atoms with Crippen molar-refractivity contribution in [2.24, 2.45) is 0 Å². The van der Waals surface area contributed by atoms with Gasteiger partial charge in [0.1, 0.15) is 0 Å². The smallest absolute Gasteiger partial charge is 0.185 e. The standard InChI is InChI=1S/C13H11ClO2S2/c14-9-1-3-10(4-2-9)18-13-11(5-8-17-13)12-15-6-7-16-12/h1-5,8,12H,6-7H2. The summed E-state index contributed by atoms with van der Waals surface area (Å²) >= 11 is 9.30. The molecule has 0 atom stereocenters. The first-order valence-corrected chi connectivity index (χ1v) is 7.64. The zero-order chi connectivity index (χ0) is 12.4. The minimum atomic E-state index is -0.203. The molecule has 18 heavy (non-hydrogen) atoms. The fourth-order valence-electron chi connectivity index (χ4n) is 1.71. The van der Waals surface area contributed by atoms with Crippen LogP contribution in [0.25, 0.3) is 0 Å². The van der Waals surface area contributed by atoms with Crippen molar-refractivity contribution >= 4 is 34.7 Å². The maximum absolute atomic E-state index is 5.88. The Morgan fingerprint density at radius 2 is 1.83 bits per heavy atom. The van der Waals surface area contributed by atoms with Crippen LogP contribution < -0.4 is 0 Å². The summed E-state index contributed by atoms with van der Waals surface area (Å²) in [6, 6.07) is 9.91. The van der Waals surface area contributed by atoms with E-state index < -0.39 is 0 Å². The Bertz CT molecular complexity index is 518. The van der Waals surface area contributed by atoms with Gasteiger partial charge in [-0.1, -0.05) is 23.4 Å². The Labute approximate surface area is 119 Å². The highest BCUT2D eigenvalue weighted by molar-refractivity contribution is 8.01. The molecule has 0 radical (unpaired) electrons. The van der Waals surface area contributed by atoms with Gasteiger partial charge in [0.05, 0.1) is 17.4 Å². The molecule has 1 aliphatic heterocycles. The summed E-state index contributed by atoms with van der Waals surface area (Å²) in [5.74, 6) is 0. The molecule has 0 saturated carbocycles. The van der Waals surface area contributed by atoms with Crippen LogP contribution in [0, 0.1) is 0 Å². The maximum atomic E-state index is 5.88. The fraction of sp³-hybridized carbons (Fsp3) is 0.231. The van der Waals surface area contributed by atoms with Crippen LogP contribution in [-0.2, 0) is 9.47 Å². The molecule has 0 spiro atoms. The maximum Gasteiger partial charge on any atom is 0.185 e. The summed E-state index contributed by atoms with van der Waals surface area (Å²) < 4.78 is 12.3. The van der Waals surface area contributed by atoms with Crippen molar-refractivity contribution in [3.8, 4) is 0 Å². The lowest BCUT2D eigenvalue weighted by atomic mass is 10.3. The quantitative estimate of drug-likeness (QED) is 0.825. The lowest BCUT2D eigenvalue weighted by Crippen LogP contribution is -1.96. The highest BCUT2D eigenvalue weighted by Crippen LogP contribution is 2.40. The summed E-state index contributed by atoms with van der Waals surface area (Å²) in [6.07, 6.45) is -0.203. The van der Waals surface area contributed by atoms with Crippen molar-refractivity contribution in [1.82, 2.24) is 0 Å². The zero-order valence-electron chi connectivity index (χ0n) is 9.47. The lowest BCUT2D eigenvalue weighted by molar-refractivity contribution is -0.0455. The van der Waals surface area contributed by atoms with Gasteiger partial charge in [-0.05, 0) is 35.7 Å². The molecular weight excluding hydrogens is 288 g/mol. The Morgan fingerprint density at radius 3 is 2.56 bits per heavy atom. The zero-order valence-corrected chi connectivity index (χ0v) is 11.9. The third-order valence-corrected chi connectivity index (χ3v) is 5.00. The van der Waals surface area contributed by atoms with Crippen molar-refractivity contribution in [2.45, 2.75) is 15.4 Å². The van der Waals surface area contributed by atoms with Crippen molar-refractivity contribution in [3.63, 3.8) is 0 Å². The third-order valence-electron chi connectivity index (χ3n) is 2.56. The summed E-state index contributed by atoms with van der Waals surface area (Å²) in [4.78, 5) is 1.17. The molecule has 1 aromatic heterocycles. The van der Waals surface area contributed by atoms with Gasteiger partial charge in [-0.25, -0.2) is 0 Å². The van der Waals surface area contributed by atoms with E-state index in [9.17, 15) is 0 Å². The fourth-order valence-corrected chi connectivity index (χ4v) is 3.89. The molecule has 1 saturated heterocycles. The summed E-state index contributed by atoms with van der Waals surface area (Å²) in [7, 11) is 0. The molecule has 2 nitrogen and oxygen atoms in total. The third kappa shape index (κ3) is 2.73. The average Bonchev–Trinajstić information content (AvgIpc) is 3.02. The first-order chi connectivity index (χ1) is 8.83. The molecule has 2 aromatic rings. The van der Waals surface area contributed by atoms with E-state index in [1.54, 1.807) is 23.1 Å². The predicted molar refractivity (Wildman–Crippen MR) is 74.5 cm³/mol. The van der Waals surface area contributed by atoms with E-state index in [1.807, 2.05) is 24.3 Å². The summed E-state index contributed by atoms with van der Waals surface area (Å²) in [5, 5.41) is 2.83. The molecule has 2 heterocycles. The minimum absolute atomic E-state index is 0.203. The Hall–Kier alpha value is -0.520. The van der Waals surface area contributed by atoms with Crippen molar-refractivity contribution < 1.29 is 9.47 Å². The second-order valence-corrected chi connectivity index (χ2v) is 6.49. The molecule has 0 aliphatic carbocycles. The highest BCUT2D eigenvalue weighted by atomic mass is 35.5. The van der Waals surface area contributed by atoms with Crippen LogP contribution in [-0.4, -0.2) is 13.2 Å². The summed E-state index contributed by atoms with van der Waals surface area (Å²) in [6.45, 7) is 1.34. The van der Waals surface area contributed by atoms with Gasteiger partial charge in [0.15, 0.2) is 6.29 Å². The highest BCUT2D eigenvalue weighted by Gasteiger charge is 2.22. The topological polar surface area (TPSA) is 18.5 Å². The Kier molecular flexibility index (Phi) is 3.91. The minimum Gasteiger partial charge on any atom is -0.346 e. The molecular formula is C13H11ClO2S2. The van der Waals surface area contributed by atoms with Crippen LogP contribution in [0.2, 0.25) is 5.02 Å². The number of ether oxygens (including phenoxy) is 2. The van der Waals surface area contributed by atoms with Crippen LogP contribution >= 0.6 is 34.7 Å². The first-order valence-electron chi connectivity index (χ1n) is 5.57. The molecule has 0 unspecified atom stereocenters. The van der Waals surface area contributed by atoms with Crippen molar-refractivity contribution in [1.29, 1.82) is 0 Å². The Morgan fingerprint density at radius 1 is 1.11 bits per heavy atom. The van der Waals surface area contributed by atoms with Gasteiger partial charge in [-0.3, -0.25) is 0 Å². The van der Waals surface area contributed by atoms with Gasteiger partial charge in [-0.15, -0.1) is 11.3 Å². The first kappa shape index (κ1) is 12.5. The van der Waals surface area contributed by atoms with Crippen LogP contribution in [0.3, 0.4) is 0 Å². The van der Waals surface area contributed by atoms with E-state index in [4.69, 9.17) is 21.1 Å². The summed E-state index contributed by atoms with van der Waals surface area (Å²) in [5.41, 5.74) is 1.12. The Balaban J connectivity index is 1.80. The molecule has 1 fully saturated rings. The van der Waals surface area contributed by atoms with Gasteiger partial charge in [0.2, 0.25) is 0 Å². The average molecular weight is 299 g/mol. The molecule has 1 aliphatic rings. The van der Waals surface area contributed by atoms with Gasteiger partial charge in [-0.2, -0.15) is 0 Å². The molecule has 94 valence electrons. The molecule has 0 amide bonds. The number of hydrogen-bond donors (Lipinski definition) is 0. The van der Waals surface area contributed by atoms with Crippen LogP contribution in [0.15, 0.2) is 44.8 Å². The second-order valence-electron chi connectivity index (χ2n) is 3.79. The van der Waals surface area contributed by atoms with E-state index in [-0.39, 0.29) is 6.29 Å². The van der Waals surface area contributed by atoms with Crippen LogP contribution in [0.4, 0.5) is 0 Å². The molecule has 3 rings (SSSR count). The monoisotopic (exact) mass is 298 g/mol. The number of halogens is 1. The largest absolute Gasteiger partial charge is 0.346 e. The van der Waals surface area contributed by atoms with E-state index in [1.165, 1.54) is 9.10 Å². The van der Waals surface area contributed by atoms with E-state index >= 15 is 0 Å². The van der Waals surface area contributed by atoms with Gasteiger partial charge in [0, 0.05) is 15.5 Å². The van der Waals surface area contributed by atoms with Gasteiger partial charge in [0.25, 0.3) is 0 Å². The SMILES string of the molecule is Clc1ccc(Sc2sccc2C2OCCO2)cc1. The molecule has 0 bridgehead atoms. The van der Waals surface area contributed by atoms with E-state index in [0.717, 1.165) is 10.6 Å².